The molecule has 0 saturated carbocycles. The average molecular weight is 307 g/mol. The van der Waals surface area contributed by atoms with Crippen molar-refractivity contribution in [3.8, 4) is 0 Å². The summed E-state index contributed by atoms with van der Waals surface area (Å²) in [6.07, 6.45) is 1.56. The van der Waals surface area contributed by atoms with Gasteiger partial charge in [-0.15, -0.1) is 0 Å². The number of aromatic nitrogens is 2. The monoisotopic (exact) mass is 307 g/mol. The zero-order valence-corrected chi connectivity index (χ0v) is 11.2. The van der Waals surface area contributed by atoms with Crippen LogP contribution >= 0.6 is 0 Å². The predicted molar refractivity (Wildman–Crippen MR) is 72.6 cm³/mol. The van der Waals surface area contributed by atoms with Crippen LogP contribution in [0, 0.1) is 0 Å². The van der Waals surface area contributed by atoms with Gasteiger partial charge in [0.25, 0.3) is 10.0 Å². The van der Waals surface area contributed by atoms with Gasteiger partial charge in [0.15, 0.2) is 0 Å². The highest BCUT2D eigenvalue weighted by molar-refractivity contribution is 7.92. The van der Waals surface area contributed by atoms with E-state index in [1.165, 1.54) is 0 Å². The van der Waals surface area contributed by atoms with Gasteiger partial charge in [-0.05, 0) is 18.2 Å². The molecule has 2 heterocycles. The van der Waals surface area contributed by atoms with Gasteiger partial charge in [-0.3, -0.25) is 9.82 Å². The Balaban J connectivity index is 1.99. The SMILES string of the molecule is O=C(O)c1ccc(S(=O)(=O)Nc2cccc3cn[nH]c23)o1. The first-order chi connectivity index (χ1) is 9.97. The van der Waals surface area contributed by atoms with Crippen LogP contribution in [0.15, 0.2) is 46.0 Å². The number of nitrogens with one attached hydrogen (secondary N) is 2. The Labute approximate surface area is 118 Å². The second-order valence-electron chi connectivity index (χ2n) is 4.17. The molecule has 0 aliphatic heterocycles. The number of H-pyrrole nitrogens is 1. The van der Waals surface area contributed by atoms with E-state index in [4.69, 9.17) is 9.52 Å². The molecule has 8 nitrogen and oxygen atoms in total. The lowest BCUT2D eigenvalue weighted by atomic mass is 10.2. The van der Waals surface area contributed by atoms with E-state index < -0.39 is 26.8 Å². The molecule has 0 radical (unpaired) electrons. The lowest BCUT2D eigenvalue weighted by molar-refractivity contribution is 0.0656. The first-order valence-corrected chi connectivity index (χ1v) is 7.24. The Bertz CT molecular complexity index is 925. The molecule has 1 aromatic carbocycles. The minimum absolute atomic E-state index is 0.290. The summed E-state index contributed by atoms with van der Waals surface area (Å²) in [5, 5.41) is 15.5. The van der Waals surface area contributed by atoms with Crippen molar-refractivity contribution in [1.82, 2.24) is 10.2 Å². The number of fused-ring (bicyclic) bond motifs is 1. The second kappa shape index (κ2) is 4.63. The van der Waals surface area contributed by atoms with E-state index in [0.29, 0.717) is 11.2 Å². The molecule has 3 rings (SSSR count). The van der Waals surface area contributed by atoms with Crippen LogP contribution in [0.3, 0.4) is 0 Å². The highest BCUT2D eigenvalue weighted by atomic mass is 32.2. The molecule has 0 amide bonds. The van der Waals surface area contributed by atoms with E-state index in [9.17, 15) is 13.2 Å². The van der Waals surface area contributed by atoms with Gasteiger partial charge in [0.05, 0.1) is 17.4 Å². The normalized spacial score (nSPS) is 11.6. The summed E-state index contributed by atoms with van der Waals surface area (Å²) >= 11 is 0. The van der Waals surface area contributed by atoms with Crippen LogP contribution in [0.4, 0.5) is 5.69 Å². The lowest BCUT2D eigenvalue weighted by Crippen LogP contribution is -2.12. The number of carbonyl (C=O) groups is 1. The highest BCUT2D eigenvalue weighted by Crippen LogP contribution is 2.24. The third kappa shape index (κ3) is 2.34. The van der Waals surface area contributed by atoms with Gasteiger partial charge in [-0.2, -0.15) is 13.5 Å². The third-order valence-corrected chi connectivity index (χ3v) is 4.02. The topological polar surface area (TPSA) is 125 Å². The maximum atomic E-state index is 12.2. The Morgan fingerprint density at radius 1 is 1.29 bits per heavy atom. The number of para-hydroxylation sites is 1. The smallest absolute Gasteiger partial charge is 0.371 e. The van der Waals surface area contributed by atoms with Crippen molar-refractivity contribution >= 4 is 32.6 Å². The summed E-state index contributed by atoms with van der Waals surface area (Å²) in [5.74, 6) is -1.79. The lowest BCUT2D eigenvalue weighted by Gasteiger charge is -2.06. The minimum atomic E-state index is -4.02. The van der Waals surface area contributed by atoms with Gasteiger partial charge in [0, 0.05) is 5.39 Å². The molecule has 0 spiro atoms. The van der Waals surface area contributed by atoms with Crippen LogP contribution in [0.2, 0.25) is 0 Å². The van der Waals surface area contributed by atoms with Gasteiger partial charge in [0.2, 0.25) is 10.9 Å². The standard InChI is InChI=1S/C12H9N3O5S/c16-12(17)9-4-5-10(20-9)21(18,19)15-8-3-1-2-7-6-13-14-11(7)8/h1-6,15H,(H,13,14)(H,16,17). The zero-order valence-electron chi connectivity index (χ0n) is 10.4. The molecular weight excluding hydrogens is 298 g/mol. The van der Waals surface area contributed by atoms with Crippen molar-refractivity contribution in [1.29, 1.82) is 0 Å². The number of anilines is 1. The molecule has 0 bridgehead atoms. The molecule has 9 heteroatoms. The van der Waals surface area contributed by atoms with Crippen LogP contribution in [0.1, 0.15) is 10.6 Å². The van der Waals surface area contributed by atoms with E-state index in [0.717, 1.165) is 17.5 Å². The zero-order chi connectivity index (χ0) is 15.0. The molecule has 21 heavy (non-hydrogen) atoms. The van der Waals surface area contributed by atoms with Crippen molar-refractivity contribution in [2.75, 3.05) is 4.72 Å². The summed E-state index contributed by atoms with van der Waals surface area (Å²) in [6.45, 7) is 0. The fourth-order valence-corrected chi connectivity index (χ4v) is 2.84. The van der Waals surface area contributed by atoms with E-state index in [1.807, 2.05) is 0 Å². The Kier molecular flexibility index (Phi) is 2.91. The fourth-order valence-electron chi connectivity index (χ4n) is 1.83. The van der Waals surface area contributed by atoms with Crippen LogP contribution in [-0.4, -0.2) is 29.7 Å². The molecule has 3 N–H and O–H groups in total. The average Bonchev–Trinajstić information content (AvgIpc) is 3.08. The van der Waals surface area contributed by atoms with Gasteiger partial charge in [-0.25, -0.2) is 4.79 Å². The second-order valence-corrected chi connectivity index (χ2v) is 5.78. The maximum absolute atomic E-state index is 12.2. The van der Waals surface area contributed by atoms with Crippen molar-refractivity contribution in [2.24, 2.45) is 0 Å². The number of aromatic amines is 1. The number of rotatable bonds is 4. The maximum Gasteiger partial charge on any atom is 0.371 e. The number of carboxylic acids is 1. The molecule has 0 fully saturated rings. The number of carboxylic acid groups (broad SMARTS) is 1. The molecule has 108 valence electrons. The first kappa shape index (κ1) is 13.2. The molecule has 0 aliphatic rings. The van der Waals surface area contributed by atoms with E-state index in [1.54, 1.807) is 24.4 Å². The van der Waals surface area contributed by atoms with Gasteiger partial charge in [0.1, 0.15) is 0 Å². The number of hydrogen-bond acceptors (Lipinski definition) is 5. The Morgan fingerprint density at radius 2 is 2.10 bits per heavy atom. The number of sulfonamides is 1. The summed E-state index contributed by atoms with van der Waals surface area (Å²) in [6, 6.07) is 7.15. The number of hydrogen-bond donors (Lipinski definition) is 3. The largest absolute Gasteiger partial charge is 0.475 e. The van der Waals surface area contributed by atoms with E-state index in [2.05, 4.69) is 14.9 Å². The minimum Gasteiger partial charge on any atom is -0.475 e. The molecular formula is C12H9N3O5S. The number of nitrogens with zero attached hydrogens (tertiary/aromatic N) is 1. The Hall–Kier alpha value is -2.81. The molecule has 2 aromatic heterocycles. The van der Waals surface area contributed by atoms with Gasteiger partial charge >= 0.3 is 5.97 Å². The Morgan fingerprint density at radius 3 is 2.81 bits per heavy atom. The summed E-state index contributed by atoms with van der Waals surface area (Å²) in [5.41, 5.74) is 0.810. The number of furan rings is 1. The van der Waals surface area contributed by atoms with Crippen molar-refractivity contribution in [3.63, 3.8) is 0 Å². The van der Waals surface area contributed by atoms with Crippen LogP contribution < -0.4 is 4.72 Å². The number of aromatic carboxylic acids is 1. The van der Waals surface area contributed by atoms with Crippen molar-refractivity contribution in [2.45, 2.75) is 5.09 Å². The van der Waals surface area contributed by atoms with E-state index in [-0.39, 0.29) is 0 Å². The molecule has 0 aliphatic carbocycles. The molecule has 0 saturated heterocycles. The molecule has 0 atom stereocenters. The van der Waals surface area contributed by atoms with Crippen LogP contribution in [0.5, 0.6) is 0 Å². The third-order valence-electron chi connectivity index (χ3n) is 2.78. The summed E-state index contributed by atoms with van der Waals surface area (Å²) in [7, 11) is -4.02. The van der Waals surface area contributed by atoms with Crippen LogP contribution in [0.25, 0.3) is 10.9 Å². The van der Waals surface area contributed by atoms with Gasteiger partial charge in [-0.1, -0.05) is 12.1 Å². The molecule has 0 unspecified atom stereocenters. The first-order valence-electron chi connectivity index (χ1n) is 5.75. The highest BCUT2D eigenvalue weighted by Gasteiger charge is 2.22. The van der Waals surface area contributed by atoms with Crippen molar-refractivity contribution < 1.29 is 22.7 Å². The quantitative estimate of drug-likeness (QED) is 0.673. The van der Waals surface area contributed by atoms with Gasteiger partial charge < -0.3 is 9.52 Å². The predicted octanol–water partition coefficient (Wildman–Crippen LogP) is 1.65. The summed E-state index contributed by atoms with van der Waals surface area (Å²) in [4.78, 5) is 10.7. The van der Waals surface area contributed by atoms with E-state index >= 15 is 0 Å². The fraction of sp³-hybridized carbons (Fsp3) is 0. The van der Waals surface area contributed by atoms with Crippen molar-refractivity contribution in [3.05, 3.63) is 42.3 Å². The molecule has 3 aromatic rings. The summed E-state index contributed by atoms with van der Waals surface area (Å²) < 4.78 is 31.5. The number of benzene rings is 1. The van der Waals surface area contributed by atoms with Crippen LogP contribution in [-0.2, 0) is 10.0 Å².